The van der Waals surface area contributed by atoms with Crippen LogP contribution in [0.25, 0.3) is 0 Å². The second-order valence-electron chi connectivity index (χ2n) is 4.39. The van der Waals surface area contributed by atoms with Crippen molar-refractivity contribution in [2.24, 2.45) is 0 Å². The van der Waals surface area contributed by atoms with E-state index in [1.54, 1.807) is 18.2 Å². The third kappa shape index (κ3) is 3.52. The van der Waals surface area contributed by atoms with Crippen molar-refractivity contribution in [2.45, 2.75) is 13.5 Å². The van der Waals surface area contributed by atoms with Crippen LogP contribution in [0.1, 0.15) is 21.5 Å². The van der Waals surface area contributed by atoms with Gasteiger partial charge in [-0.25, -0.2) is 4.79 Å². The summed E-state index contributed by atoms with van der Waals surface area (Å²) >= 11 is 5.94. The first-order valence-electron chi connectivity index (χ1n) is 6.16. The molecule has 0 atom stereocenters. The van der Waals surface area contributed by atoms with E-state index in [4.69, 9.17) is 16.3 Å². The van der Waals surface area contributed by atoms with Crippen molar-refractivity contribution < 1.29 is 14.3 Å². The minimum atomic E-state index is -0.344. The second-order valence-corrected chi connectivity index (χ2v) is 4.82. The topological polar surface area (TPSA) is 35.5 Å². The van der Waals surface area contributed by atoms with Crippen molar-refractivity contribution in [3.63, 3.8) is 0 Å². The molecular weight excluding hydrogens is 276 g/mol. The molecule has 0 aliphatic rings. The van der Waals surface area contributed by atoms with E-state index in [0.717, 1.165) is 16.9 Å². The molecule has 0 radical (unpaired) electrons. The van der Waals surface area contributed by atoms with Gasteiger partial charge in [-0.05, 0) is 42.3 Å². The highest BCUT2D eigenvalue weighted by atomic mass is 35.5. The molecule has 0 aliphatic heterocycles. The fourth-order valence-corrected chi connectivity index (χ4v) is 1.91. The van der Waals surface area contributed by atoms with Crippen LogP contribution < -0.4 is 4.74 Å². The lowest BCUT2D eigenvalue weighted by molar-refractivity contribution is 0.0600. The van der Waals surface area contributed by atoms with Crippen LogP contribution in [0.5, 0.6) is 5.75 Å². The zero-order chi connectivity index (χ0) is 14.5. The van der Waals surface area contributed by atoms with Gasteiger partial charge in [0.1, 0.15) is 12.4 Å². The zero-order valence-corrected chi connectivity index (χ0v) is 12.1. The van der Waals surface area contributed by atoms with Gasteiger partial charge >= 0.3 is 5.97 Å². The van der Waals surface area contributed by atoms with E-state index in [2.05, 4.69) is 4.74 Å². The Labute approximate surface area is 123 Å². The zero-order valence-electron chi connectivity index (χ0n) is 11.4. The number of hydrogen-bond donors (Lipinski definition) is 0. The third-order valence-corrected chi connectivity index (χ3v) is 3.15. The monoisotopic (exact) mass is 290 g/mol. The maximum absolute atomic E-state index is 11.3. The van der Waals surface area contributed by atoms with Crippen molar-refractivity contribution >= 4 is 17.6 Å². The lowest BCUT2D eigenvalue weighted by Crippen LogP contribution is -2.02. The van der Waals surface area contributed by atoms with Gasteiger partial charge in [0.25, 0.3) is 0 Å². The fraction of sp³-hybridized carbons (Fsp3) is 0.188. The summed E-state index contributed by atoms with van der Waals surface area (Å²) in [4.78, 5) is 11.3. The Hall–Kier alpha value is -2.00. The molecule has 0 bridgehead atoms. The molecule has 0 unspecified atom stereocenters. The van der Waals surface area contributed by atoms with E-state index in [1.165, 1.54) is 7.11 Å². The molecule has 0 fully saturated rings. The minimum absolute atomic E-state index is 0.344. The summed E-state index contributed by atoms with van der Waals surface area (Å²) in [5.74, 6) is 0.415. The number of carbonyl (C=O) groups excluding carboxylic acids is 1. The van der Waals surface area contributed by atoms with Crippen molar-refractivity contribution in [3.05, 3.63) is 64.2 Å². The summed E-state index contributed by atoms with van der Waals surface area (Å²) in [6, 6.07) is 12.6. The van der Waals surface area contributed by atoms with Crippen molar-refractivity contribution in [2.75, 3.05) is 7.11 Å². The van der Waals surface area contributed by atoms with Gasteiger partial charge in [-0.15, -0.1) is 0 Å². The van der Waals surface area contributed by atoms with Crippen LogP contribution >= 0.6 is 11.6 Å². The number of halogens is 1. The van der Waals surface area contributed by atoms with Crippen molar-refractivity contribution in [1.82, 2.24) is 0 Å². The van der Waals surface area contributed by atoms with Gasteiger partial charge in [0, 0.05) is 5.02 Å². The highest BCUT2D eigenvalue weighted by molar-refractivity contribution is 6.30. The van der Waals surface area contributed by atoms with Crippen LogP contribution in [-0.4, -0.2) is 13.1 Å². The SMILES string of the molecule is COC(=O)c1ccc(COc2cc(Cl)ccc2C)cc1. The summed E-state index contributed by atoms with van der Waals surface area (Å²) in [5.41, 5.74) is 2.52. The Morgan fingerprint density at radius 2 is 1.85 bits per heavy atom. The first-order chi connectivity index (χ1) is 9.60. The quantitative estimate of drug-likeness (QED) is 0.798. The van der Waals surface area contributed by atoms with E-state index >= 15 is 0 Å². The number of esters is 1. The van der Waals surface area contributed by atoms with Crippen LogP contribution in [0.3, 0.4) is 0 Å². The lowest BCUT2D eigenvalue weighted by atomic mass is 10.1. The Kier molecular flexibility index (Phi) is 4.64. The molecule has 3 nitrogen and oxygen atoms in total. The van der Waals surface area contributed by atoms with Crippen molar-refractivity contribution in [3.8, 4) is 5.75 Å². The van der Waals surface area contributed by atoms with Gasteiger partial charge in [0.2, 0.25) is 0 Å². The largest absolute Gasteiger partial charge is 0.489 e. The summed E-state index contributed by atoms with van der Waals surface area (Å²) in [6.07, 6.45) is 0. The van der Waals surface area contributed by atoms with Gasteiger partial charge < -0.3 is 9.47 Å². The van der Waals surface area contributed by atoms with E-state index in [9.17, 15) is 4.79 Å². The first-order valence-corrected chi connectivity index (χ1v) is 6.54. The molecule has 0 aliphatic carbocycles. The van der Waals surface area contributed by atoms with Gasteiger partial charge in [-0.1, -0.05) is 29.8 Å². The molecule has 104 valence electrons. The number of aryl methyl sites for hydroxylation is 1. The van der Waals surface area contributed by atoms with Crippen LogP contribution in [0, 0.1) is 6.92 Å². The Morgan fingerprint density at radius 1 is 1.15 bits per heavy atom. The minimum Gasteiger partial charge on any atom is -0.489 e. The Bertz CT molecular complexity index is 606. The summed E-state index contributed by atoms with van der Waals surface area (Å²) in [7, 11) is 1.36. The number of ether oxygens (including phenoxy) is 2. The molecule has 0 amide bonds. The summed E-state index contributed by atoms with van der Waals surface area (Å²) in [5, 5.41) is 0.645. The molecule has 0 saturated heterocycles. The average molecular weight is 291 g/mol. The summed E-state index contributed by atoms with van der Waals surface area (Å²) < 4.78 is 10.4. The van der Waals surface area contributed by atoms with Crippen LogP contribution in [0.15, 0.2) is 42.5 Å². The smallest absolute Gasteiger partial charge is 0.337 e. The van der Waals surface area contributed by atoms with E-state index in [-0.39, 0.29) is 5.97 Å². The number of hydrogen-bond acceptors (Lipinski definition) is 3. The molecule has 0 heterocycles. The van der Waals surface area contributed by atoms with E-state index < -0.39 is 0 Å². The Balaban J connectivity index is 2.04. The van der Waals surface area contributed by atoms with Gasteiger partial charge in [-0.2, -0.15) is 0 Å². The molecule has 2 aromatic rings. The predicted octanol–water partition coefficient (Wildman–Crippen LogP) is 4.01. The molecule has 2 aromatic carbocycles. The third-order valence-electron chi connectivity index (χ3n) is 2.92. The Morgan fingerprint density at radius 3 is 2.50 bits per heavy atom. The normalized spacial score (nSPS) is 10.2. The van der Waals surface area contributed by atoms with Crippen LogP contribution in [-0.2, 0) is 11.3 Å². The maximum Gasteiger partial charge on any atom is 0.337 e. The molecule has 0 spiro atoms. The highest BCUT2D eigenvalue weighted by Crippen LogP contribution is 2.23. The van der Waals surface area contributed by atoms with Crippen LogP contribution in [0.4, 0.5) is 0 Å². The van der Waals surface area contributed by atoms with Crippen molar-refractivity contribution in [1.29, 1.82) is 0 Å². The first kappa shape index (κ1) is 14.4. The second kappa shape index (κ2) is 6.44. The van der Waals surface area contributed by atoms with E-state index in [1.807, 2.05) is 31.2 Å². The predicted molar refractivity (Wildman–Crippen MR) is 78.3 cm³/mol. The molecule has 2 rings (SSSR count). The number of benzene rings is 2. The van der Waals surface area contributed by atoms with Crippen LogP contribution in [0.2, 0.25) is 5.02 Å². The van der Waals surface area contributed by atoms with Gasteiger partial charge in [0.15, 0.2) is 0 Å². The molecule has 0 N–H and O–H groups in total. The standard InChI is InChI=1S/C16H15ClO3/c1-11-3-8-14(17)9-15(11)20-10-12-4-6-13(7-5-12)16(18)19-2/h3-9H,10H2,1-2H3. The highest BCUT2D eigenvalue weighted by Gasteiger charge is 2.05. The average Bonchev–Trinajstić information content (AvgIpc) is 2.48. The number of carbonyl (C=O) groups is 1. The molecule has 0 aromatic heterocycles. The lowest BCUT2D eigenvalue weighted by Gasteiger charge is -2.10. The summed E-state index contributed by atoms with van der Waals surface area (Å²) in [6.45, 7) is 2.38. The number of methoxy groups -OCH3 is 1. The fourth-order valence-electron chi connectivity index (χ4n) is 1.75. The van der Waals surface area contributed by atoms with Gasteiger partial charge in [0.05, 0.1) is 12.7 Å². The molecule has 0 saturated carbocycles. The van der Waals surface area contributed by atoms with Gasteiger partial charge in [-0.3, -0.25) is 0 Å². The van der Waals surface area contributed by atoms with E-state index in [0.29, 0.717) is 17.2 Å². The molecular formula is C16H15ClO3. The molecule has 20 heavy (non-hydrogen) atoms. The molecule has 4 heteroatoms. The number of rotatable bonds is 4. The maximum atomic E-state index is 11.3.